The Balaban J connectivity index is 4.08. The van der Waals surface area contributed by atoms with E-state index in [2.05, 4.69) is 13.2 Å². The van der Waals surface area contributed by atoms with Gasteiger partial charge >= 0.3 is 11.9 Å². The predicted octanol–water partition coefficient (Wildman–Crippen LogP) is 1.79. The maximum Gasteiger partial charge on any atom is 0.338 e. The second-order valence-electron chi connectivity index (χ2n) is 4.34. The van der Waals surface area contributed by atoms with Crippen LogP contribution in [0.1, 0.15) is 31.8 Å². The molecule has 0 saturated carbocycles. The third-order valence-electron chi connectivity index (χ3n) is 2.89. The van der Waals surface area contributed by atoms with E-state index in [0.717, 1.165) is 6.07 Å². The van der Waals surface area contributed by atoms with Crippen molar-refractivity contribution in [3.8, 4) is 0 Å². The van der Waals surface area contributed by atoms with Gasteiger partial charge in [0.25, 0.3) is 10.1 Å². The van der Waals surface area contributed by atoms with E-state index in [0.29, 0.717) is 0 Å². The predicted molar refractivity (Wildman–Crippen MR) is 78.0 cm³/mol. The molecule has 0 radical (unpaired) electrons. The zero-order chi connectivity index (χ0) is 17.1. The highest BCUT2D eigenvalue weighted by Gasteiger charge is 2.31. The summed E-state index contributed by atoms with van der Waals surface area (Å²) in [5, 5.41) is 18.3. The van der Waals surface area contributed by atoms with Crippen molar-refractivity contribution >= 4 is 22.1 Å². The molecule has 3 N–H and O–H groups in total. The fourth-order valence-corrected chi connectivity index (χ4v) is 3.10. The fourth-order valence-electron chi connectivity index (χ4n) is 2.12. The highest BCUT2D eigenvalue weighted by Crippen LogP contribution is 2.29. The van der Waals surface area contributed by atoms with Crippen LogP contribution in [-0.2, 0) is 23.0 Å². The van der Waals surface area contributed by atoms with Crippen LogP contribution in [0.25, 0.3) is 0 Å². The van der Waals surface area contributed by atoms with Gasteiger partial charge in [0.05, 0.1) is 11.1 Å². The van der Waals surface area contributed by atoms with Gasteiger partial charge in [0, 0.05) is 0 Å². The summed E-state index contributed by atoms with van der Waals surface area (Å²) in [6.45, 7) is 6.93. The lowest BCUT2D eigenvalue weighted by atomic mass is 9.94. The van der Waals surface area contributed by atoms with Crippen LogP contribution in [-0.4, -0.2) is 35.1 Å². The molecular formula is C14H14O7S. The first kappa shape index (κ1) is 17.6. The van der Waals surface area contributed by atoms with Crippen LogP contribution in [0, 0.1) is 0 Å². The van der Waals surface area contributed by atoms with E-state index in [1.807, 2.05) is 0 Å². The molecule has 0 aliphatic rings. The van der Waals surface area contributed by atoms with Crippen molar-refractivity contribution < 1.29 is 32.8 Å². The molecule has 0 heterocycles. The molecule has 1 rings (SSSR count). The molecular weight excluding hydrogens is 312 g/mol. The zero-order valence-corrected chi connectivity index (χ0v) is 12.3. The Morgan fingerprint density at radius 1 is 1.09 bits per heavy atom. The minimum Gasteiger partial charge on any atom is -0.478 e. The van der Waals surface area contributed by atoms with E-state index in [4.69, 9.17) is 5.11 Å². The molecule has 0 atom stereocenters. The van der Waals surface area contributed by atoms with Crippen LogP contribution in [0.5, 0.6) is 0 Å². The van der Waals surface area contributed by atoms with Gasteiger partial charge in [0.2, 0.25) is 0 Å². The Morgan fingerprint density at radius 2 is 1.64 bits per heavy atom. The molecule has 0 bridgehead atoms. The summed E-state index contributed by atoms with van der Waals surface area (Å²) in [5.41, 5.74) is -1.46. The van der Waals surface area contributed by atoms with E-state index in [-0.39, 0.29) is 24.0 Å². The number of hydrogen-bond donors (Lipinski definition) is 3. The first-order valence-electron chi connectivity index (χ1n) is 5.99. The number of benzene rings is 1. The standard InChI is InChI=1S/C14H14O7S/c1-3-5-8-7-10(13(15)16)11(14(17)18)12(22(19,20)21)9(8)6-4-2/h3-4,7H,1-2,5-6H2,(H,15,16)(H,17,18)(H,19,20,21). The van der Waals surface area contributed by atoms with Crippen LogP contribution < -0.4 is 0 Å². The molecule has 0 fully saturated rings. The molecule has 22 heavy (non-hydrogen) atoms. The van der Waals surface area contributed by atoms with Gasteiger partial charge in [-0.15, -0.1) is 13.2 Å². The maximum atomic E-state index is 11.6. The normalized spacial score (nSPS) is 11.0. The Kier molecular flexibility index (Phi) is 5.23. The highest BCUT2D eigenvalue weighted by molar-refractivity contribution is 7.86. The lowest BCUT2D eigenvalue weighted by Gasteiger charge is -2.16. The summed E-state index contributed by atoms with van der Waals surface area (Å²) in [5.74, 6) is -3.38. The molecule has 0 saturated heterocycles. The number of hydrogen-bond acceptors (Lipinski definition) is 4. The lowest BCUT2D eigenvalue weighted by molar-refractivity contribution is 0.0647. The van der Waals surface area contributed by atoms with Crippen molar-refractivity contribution in [3.63, 3.8) is 0 Å². The van der Waals surface area contributed by atoms with Gasteiger partial charge in [-0.3, -0.25) is 4.55 Å². The van der Waals surface area contributed by atoms with Gasteiger partial charge in [-0.1, -0.05) is 12.2 Å². The Bertz CT molecular complexity index is 760. The van der Waals surface area contributed by atoms with Crippen LogP contribution >= 0.6 is 0 Å². The van der Waals surface area contributed by atoms with Gasteiger partial charge in [-0.2, -0.15) is 8.42 Å². The molecule has 0 unspecified atom stereocenters. The number of carboxylic acids is 2. The van der Waals surface area contributed by atoms with Crippen molar-refractivity contribution in [2.75, 3.05) is 0 Å². The van der Waals surface area contributed by atoms with Gasteiger partial charge in [-0.25, -0.2) is 9.59 Å². The highest BCUT2D eigenvalue weighted by atomic mass is 32.2. The summed E-state index contributed by atoms with van der Waals surface area (Å²) < 4.78 is 32.6. The second-order valence-corrected chi connectivity index (χ2v) is 5.70. The van der Waals surface area contributed by atoms with Crippen molar-refractivity contribution in [1.29, 1.82) is 0 Å². The first-order chi connectivity index (χ1) is 10.1. The van der Waals surface area contributed by atoms with Gasteiger partial charge < -0.3 is 10.2 Å². The molecule has 0 amide bonds. The third kappa shape index (κ3) is 3.41. The lowest BCUT2D eigenvalue weighted by Crippen LogP contribution is -2.18. The smallest absolute Gasteiger partial charge is 0.338 e. The quantitative estimate of drug-likeness (QED) is 0.514. The molecule has 0 aromatic heterocycles. The molecule has 0 spiro atoms. The van der Waals surface area contributed by atoms with Gasteiger partial charge in [0.15, 0.2) is 0 Å². The largest absolute Gasteiger partial charge is 0.478 e. The number of carbonyl (C=O) groups is 2. The van der Waals surface area contributed by atoms with Crippen molar-refractivity contribution in [1.82, 2.24) is 0 Å². The monoisotopic (exact) mass is 326 g/mol. The molecule has 8 heteroatoms. The van der Waals surface area contributed by atoms with E-state index >= 15 is 0 Å². The topological polar surface area (TPSA) is 129 Å². The maximum absolute atomic E-state index is 11.6. The summed E-state index contributed by atoms with van der Waals surface area (Å²) in [7, 11) is -4.95. The van der Waals surface area contributed by atoms with E-state index in [1.165, 1.54) is 12.2 Å². The summed E-state index contributed by atoms with van der Waals surface area (Å²) in [6, 6.07) is 1.07. The van der Waals surface area contributed by atoms with Gasteiger partial charge in [-0.05, 0) is 30.0 Å². The van der Waals surface area contributed by atoms with Gasteiger partial charge in [0.1, 0.15) is 4.90 Å². The van der Waals surface area contributed by atoms with Crippen LogP contribution in [0.15, 0.2) is 36.3 Å². The van der Waals surface area contributed by atoms with Crippen molar-refractivity contribution in [2.24, 2.45) is 0 Å². The van der Waals surface area contributed by atoms with Crippen molar-refractivity contribution in [3.05, 3.63) is 53.6 Å². The summed E-state index contributed by atoms with van der Waals surface area (Å²) >= 11 is 0. The van der Waals surface area contributed by atoms with E-state index in [1.54, 1.807) is 0 Å². The molecule has 1 aromatic rings. The summed E-state index contributed by atoms with van der Waals surface area (Å²) in [6.07, 6.45) is 2.77. The summed E-state index contributed by atoms with van der Waals surface area (Å²) in [4.78, 5) is 21.7. The average molecular weight is 326 g/mol. The number of carboxylic acid groups (broad SMARTS) is 2. The van der Waals surface area contributed by atoms with Crippen LogP contribution in [0.2, 0.25) is 0 Å². The van der Waals surface area contributed by atoms with Crippen molar-refractivity contribution in [2.45, 2.75) is 17.7 Å². The third-order valence-corrected chi connectivity index (χ3v) is 3.86. The number of aromatic carboxylic acids is 2. The van der Waals surface area contributed by atoms with E-state index in [9.17, 15) is 27.7 Å². The van der Waals surface area contributed by atoms with E-state index < -0.39 is 38.1 Å². The number of allylic oxidation sites excluding steroid dienone is 2. The molecule has 0 aliphatic heterocycles. The fraction of sp³-hybridized carbons (Fsp3) is 0.143. The second kappa shape index (κ2) is 6.54. The molecule has 118 valence electrons. The first-order valence-corrected chi connectivity index (χ1v) is 7.43. The Labute approximate surface area is 127 Å². The minimum absolute atomic E-state index is 0.0141. The van der Waals surface area contributed by atoms with Crippen LogP contribution in [0.3, 0.4) is 0 Å². The van der Waals surface area contributed by atoms with Crippen LogP contribution in [0.4, 0.5) is 0 Å². The number of rotatable bonds is 7. The zero-order valence-electron chi connectivity index (χ0n) is 11.4. The Morgan fingerprint density at radius 3 is 2.00 bits per heavy atom. The minimum atomic E-state index is -4.95. The average Bonchev–Trinajstić information content (AvgIpc) is 2.38. The molecule has 0 aliphatic carbocycles. The molecule has 1 aromatic carbocycles. The SMILES string of the molecule is C=CCc1cc(C(=O)O)c(C(=O)O)c(S(=O)(=O)O)c1CC=C. The Hall–Kier alpha value is -2.45. The molecule has 7 nitrogen and oxygen atoms in total.